The molecule has 0 unspecified atom stereocenters. The number of pyridine rings is 1. The highest BCUT2D eigenvalue weighted by molar-refractivity contribution is 7.89. The molecule has 2 rings (SSSR count). The van der Waals surface area contributed by atoms with Gasteiger partial charge in [-0.3, -0.25) is 4.98 Å². The Hall–Kier alpha value is -1.70. The molecule has 7 heteroatoms. The van der Waals surface area contributed by atoms with Crippen LogP contribution in [-0.4, -0.2) is 18.5 Å². The van der Waals surface area contributed by atoms with Gasteiger partial charge in [0.15, 0.2) is 0 Å². The fourth-order valence-electron chi connectivity index (χ4n) is 1.53. The van der Waals surface area contributed by atoms with E-state index in [0.29, 0.717) is 0 Å². The summed E-state index contributed by atoms with van der Waals surface area (Å²) >= 11 is 0. The van der Waals surface area contributed by atoms with Crippen molar-refractivity contribution in [3.63, 3.8) is 0 Å². The van der Waals surface area contributed by atoms with Crippen molar-refractivity contribution in [2.24, 2.45) is 0 Å². The Balaban J connectivity index is 2.12. The van der Waals surface area contributed by atoms with Crippen LogP contribution in [0.5, 0.6) is 0 Å². The van der Waals surface area contributed by atoms with E-state index in [0.717, 1.165) is 11.1 Å². The van der Waals surface area contributed by atoms with Crippen LogP contribution in [0.15, 0.2) is 40.1 Å². The molecule has 0 aliphatic heterocycles. The smallest absolute Gasteiger partial charge is 0.274 e. The molecule has 0 aliphatic carbocycles. The summed E-state index contributed by atoms with van der Waals surface area (Å²) in [4.78, 5) is 3.94. The molecule has 0 bridgehead atoms. The summed E-state index contributed by atoms with van der Waals surface area (Å²) in [6.07, 6.45) is 3.27. The number of aryl methyl sites for hydroxylation is 1. The van der Waals surface area contributed by atoms with Gasteiger partial charge in [0.2, 0.25) is 5.09 Å². The van der Waals surface area contributed by atoms with Gasteiger partial charge in [0.25, 0.3) is 10.0 Å². The topological polar surface area (TPSA) is 92.4 Å². The molecule has 0 atom stereocenters. The van der Waals surface area contributed by atoms with Crippen molar-refractivity contribution in [1.29, 1.82) is 0 Å². The second-order valence-electron chi connectivity index (χ2n) is 4.01. The van der Waals surface area contributed by atoms with E-state index in [4.69, 9.17) is 9.52 Å². The van der Waals surface area contributed by atoms with E-state index < -0.39 is 10.0 Å². The highest BCUT2D eigenvalue weighted by Crippen LogP contribution is 2.14. The monoisotopic (exact) mass is 282 g/mol. The van der Waals surface area contributed by atoms with E-state index in [-0.39, 0.29) is 24.0 Å². The van der Waals surface area contributed by atoms with Gasteiger partial charge in [0.05, 0.1) is 0 Å². The summed E-state index contributed by atoms with van der Waals surface area (Å²) in [5.41, 5.74) is 1.74. The lowest BCUT2D eigenvalue weighted by Gasteiger charge is -2.06. The minimum atomic E-state index is -3.71. The third-order valence-corrected chi connectivity index (χ3v) is 3.92. The summed E-state index contributed by atoms with van der Waals surface area (Å²) in [5.74, 6) is 0.209. The molecule has 0 fully saturated rings. The normalized spacial score (nSPS) is 11.7. The van der Waals surface area contributed by atoms with Crippen LogP contribution in [0.4, 0.5) is 0 Å². The van der Waals surface area contributed by atoms with Crippen LogP contribution in [0, 0.1) is 6.92 Å². The highest BCUT2D eigenvalue weighted by atomic mass is 32.2. The van der Waals surface area contributed by atoms with E-state index in [2.05, 4.69) is 9.71 Å². The van der Waals surface area contributed by atoms with E-state index in [9.17, 15) is 8.42 Å². The average Bonchev–Trinajstić information content (AvgIpc) is 2.87. The van der Waals surface area contributed by atoms with E-state index in [1.54, 1.807) is 18.5 Å². The van der Waals surface area contributed by atoms with Crippen LogP contribution in [0.2, 0.25) is 0 Å². The molecular formula is C12H14N2O4S. The van der Waals surface area contributed by atoms with Crippen LogP contribution in [0.1, 0.15) is 16.9 Å². The summed E-state index contributed by atoms with van der Waals surface area (Å²) in [5, 5.41) is 8.64. The Bertz CT molecular complexity index is 664. The van der Waals surface area contributed by atoms with Gasteiger partial charge < -0.3 is 9.52 Å². The molecule has 2 aromatic rings. The van der Waals surface area contributed by atoms with Gasteiger partial charge in [0.1, 0.15) is 12.4 Å². The molecular weight excluding hydrogens is 268 g/mol. The lowest BCUT2D eigenvalue weighted by molar-refractivity contribution is 0.236. The predicted octanol–water partition coefficient (Wildman–Crippen LogP) is 0.954. The molecule has 6 nitrogen and oxygen atoms in total. The standard InChI is InChI=1S/C12H14N2O4S/c1-9-6-13-5-4-10(9)7-14-19(16,17)12-3-2-11(8-15)18-12/h2-6,14-15H,7-8H2,1H3. The Morgan fingerprint density at radius 1 is 1.37 bits per heavy atom. The van der Waals surface area contributed by atoms with Crippen molar-refractivity contribution in [1.82, 2.24) is 9.71 Å². The van der Waals surface area contributed by atoms with E-state index in [1.807, 2.05) is 6.92 Å². The van der Waals surface area contributed by atoms with Gasteiger partial charge in [-0.25, -0.2) is 13.1 Å². The second kappa shape index (κ2) is 5.52. The molecule has 0 aromatic carbocycles. The molecule has 0 amide bonds. The van der Waals surface area contributed by atoms with Crippen molar-refractivity contribution in [3.05, 3.63) is 47.5 Å². The van der Waals surface area contributed by atoms with Crippen LogP contribution in [0.25, 0.3) is 0 Å². The molecule has 0 radical (unpaired) electrons. The molecule has 0 spiro atoms. The number of aliphatic hydroxyl groups excluding tert-OH is 1. The van der Waals surface area contributed by atoms with Crippen molar-refractivity contribution < 1.29 is 17.9 Å². The maximum Gasteiger partial charge on any atom is 0.274 e. The maximum atomic E-state index is 11.9. The highest BCUT2D eigenvalue weighted by Gasteiger charge is 2.18. The maximum absolute atomic E-state index is 11.9. The number of aliphatic hydroxyl groups is 1. The molecule has 0 saturated heterocycles. The van der Waals surface area contributed by atoms with Crippen LogP contribution in [-0.2, 0) is 23.2 Å². The van der Waals surface area contributed by atoms with Gasteiger partial charge in [0, 0.05) is 18.9 Å². The van der Waals surface area contributed by atoms with Crippen LogP contribution >= 0.6 is 0 Å². The van der Waals surface area contributed by atoms with Gasteiger partial charge >= 0.3 is 0 Å². The molecule has 2 aromatic heterocycles. The fraction of sp³-hybridized carbons (Fsp3) is 0.250. The Kier molecular flexibility index (Phi) is 3.98. The zero-order chi connectivity index (χ0) is 13.9. The lowest BCUT2D eigenvalue weighted by atomic mass is 10.2. The second-order valence-corrected chi connectivity index (χ2v) is 5.70. The number of aromatic nitrogens is 1. The largest absolute Gasteiger partial charge is 0.446 e. The Morgan fingerprint density at radius 3 is 2.79 bits per heavy atom. The summed E-state index contributed by atoms with van der Waals surface area (Å²) in [7, 11) is -3.71. The van der Waals surface area contributed by atoms with Crippen LogP contribution < -0.4 is 4.72 Å². The molecule has 0 aliphatic rings. The number of furan rings is 1. The first-order valence-corrected chi connectivity index (χ1v) is 7.10. The average molecular weight is 282 g/mol. The first-order valence-electron chi connectivity index (χ1n) is 5.61. The summed E-state index contributed by atoms with van der Waals surface area (Å²) < 4.78 is 31.3. The van der Waals surface area contributed by atoms with Gasteiger partial charge in [-0.2, -0.15) is 0 Å². The quantitative estimate of drug-likeness (QED) is 0.852. The number of nitrogens with zero attached hydrogens (tertiary/aromatic N) is 1. The first kappa shape index (κ1) is 13.7. The SMILES string of the molecule is Cc1cnccc1CNS(=O)(=O)c1ccc(CO)o1. The molecule has 2 N–H and O–H groups in total. The first-order chi connectivity index (χ1) is 9.03. The Morgan fingerprint density at radius 2 is 2.16 bits per heavy atom. The minimum absolute atomic E-state index is 0.159. The third-order valence-electron chi connectivity index (χ3n) is 2.65. The van der Waals surface area contributed by atoms with E-state index in [1.165, 1.54) is 12.1 Å². The van der Waals surface area contributed by atoms with Gasteiger partial charge in [-0.15, -0.1) is 0 Å². The number of hydrogen-bond donors (Lipinski definition) is 2. The lowest BCUT2D eigenvalue weighted by Crippen LogP contribution is -2.23. The number of rotatable bonds is 5. The summed E-state index contributed by atoms with van der Waals surface area (Å²) in [6, 6.07) is 4.48. The zero-order valence-corrected chi connectivity index (χ0v) is 11.1. The number of hydrogen-bond acceptors (Lipinski definition) is 5. The van der Waals surface area contributed by atoms with Crippen LogP contribution in [0.3, 0.4) is 0 Å². The van der Waals surface area contributed by atoms with Crippen molar-refractivity contribution in [2.75, 3.05) is 0 Å². The number of nitrogens with one attached hydrogen (secondary N) is 1. The van der Waals surface area contributed by atoms with Gasteiger partial charge in [-0.05, 0) is 36.2 Å². The predicted molar refractivity (Wildman–Crippen MR) is 67.6 cm³/mol. The van der Waals surface area contributed by atoms with Crippen molar-refractivity contribution in [3.8, 4) is 0 Å². The summed E-state index contributed by atoms with van der Waals surface area (Å²) in [6.45, 7) is 1.68. The van der Waals surface area contributed by atoms with Gasteiger partial charge in [-0.1, -0.05) is 0 Å². The third kappa shape index (κ3) is 3.19. The van der Waals surface area contributed by atoms with E-state index >= 15 is 0 Å². The zero-order valence-electron chi connectivity index (χ0n) is 10.3. The van der Waals surface area contributed by atoms with Crippen molar-refractivity contribution >= 4 is 10.0 Å². The molecule has 102 valence electrons. The molecule has 0 saturated carbocycles. The Labute approximate surface area is 111 Å². The number of sulfonamides is 1. The fourth-order valence-corrected chi connectivity index (χ4v) is 2.48. The molecule has 2 heterocycles. The van der Waals surface area contributed by atoms with Crippen molar-refractivity contribution in [2.45, 2.75) is 25.2 Å². The minimum Gasteiger partial charge on any atom is -0.446 e. The molecule has 19 heavy (non-hydrogen) atoms.